The van der Waals surface area contributed by atoms with Gasteiger partial charge in [-0.25, -0.2) is 4.79 Å². The molecule has 5 heteroatoms. The number of carbonyl (C=O) groups excluding carboxylic acids is 1. The van der Waals surface area contributed by atoms with Crippen LogP contribution < -0.4 is 0 Å². The Morgan fingerprint density at radius 2 is 2.12 bits per heavy atom. The fourth-order valence-electron chi connectivity index (χ4n) is 1.00. The first-order valence-electron chi connectivity index (χ1n) is 4.98. The molecule has 1 heterocycles. The van der Waals surface area contributed by atoms with Crippen molar-refractivity contribution in [2.45, 2.75) is 0 Å². The van der Waals surface area contributed by atoms with E-state index in [1.54, 1.807) is 25.4 Å². The lowest BCUT2D eigenvalue weighted by molar-refractivity contribution is 0.0213. The van der Waals surface area contributed by atoms with Gasteiger partial charge in [0.25, 0.3) is 0 Å². The molecule has 0 atom stereocenters. The van der Waals surface area contributed by atoms with Crippen molar-refractivity contribution in [3.05, 3.63) is 30.1 Å². The third kappa shape index (κ3) is 4.86. The number of methoxy groups -OCH3 is 1. The summed E-state index contributed by atoms with van der Waals surface area (Å²) in [6.45, 7) is 1.64. The first kappa shape index (κ1) is 12.6. The van der Waals surface area contributed by atoms with Crippen LogP contribution >= 0.6 is 0 Å². The van der Waals surface area contributed by atoms with E-state index in [1.807, 2.05) is 0 Å². The quantitative estimate of drug-likeness (QED) is 0.509. The van der Waals surface area contributed by atoms with Crippen LogP contribution in [0.2, 0.25) is 0 Å². The maximum absolute atomic E-state index is 11.4. The summed E-state index contributed by atoms with van der Waals surface area (Å²) in [5.41, 5.74) is 0.444. The normalized spacial score (nSPS) is 10.1. The van der Waals surface area contributed by atoms with E-state index in [2.05, 4.69) is 4.98 Å². The zero-order valence-electron chi connectivity index (χ0n) is 9.22. The molecular weight excluding hydrogens is 210 g/mol. The molecule has 0 amide bonds. The van der Waals surface area contributed by atoms with Gasteiger partial charge >= 0.3 is 5.97 Å². The van der Waals surface area contributed by atoms with Gasteiger partial charge in [0.2, 0.25) is 0 Å². The third-order valence-corrected chi connectivity index (χ3v) is 1.79. The second-order valence-electron chi connectivity index (χ2n) is 2.98. The van der Waals surface area contributed by atoms with Gasteiger partial charge in [0.15, 0.2) is 0 Å². The molecule has 0 N–H and O–H groups in total. The molecule has 0 fully saturated rings. The highest BCUT2D eigenvalue weighted by Gasteiger charge is 2.05. The predicted molar refractivity (Wildman–Crippen MR) is 57.2 cm³/mol. The van der Waals surface area contributed by atoms with Crippen molar-refractivity contribution in [1.82, 2.24) is 4.98 Å². The van der Waals surface area contributed by atoms with Crippen LogP contribution in [0.3, 0.4) is 0 Å². The van der Waals surface area contributed by atoms with E-state index in [4.69, 9.17) is 14.2 Å². The molecule has 0 radical (unpaired) electrons. The maximum Gasteiger partial charge on any atom is 0.339 e. The van der Waals surface area contributed by atoms with Crippen molar-refractivity contribution < 1.29 is 19.0 Å². The number of ether oxygens (including phenoxy) is 3. The lowest BCUT2D eigenvalue weighted by Gasteiger charge is -2.05. The molecule has 0 saturated carbocycles. The Bertz CT molecular complexity index is 302. The standard InChI is InChI=1S/C11H15NO4/c1-14-5-6-15-7-8-16-11(13)10-3-2-4-12-9-10/h2-4,9H,5-8H2,1H3. The molecule has 88 valence electrons. The summed E-state index contributed by atoms with van der Waals surface area (Å²) < 4.78 is 14.9. The zero-order valence-corrected chi connectivity index (χ0v) is 9.22. The Kier molecular flexibility index (Phi) is 6.13. The summed E-state index contributed by atoms with van der Waals surface area (Å²) in [7, 11) is 1.60. The van der Waals surface area contributed by atoms with Crippen LogP contribution in [0.4, 0.5) is 0 Å². The number of esters is 1. The van der Waals surface area contributed by atoms with Gasteiger partial charge in [0, 0.05) is 19.5 Å². The summed E-state index contributed by atoms with van der Waals surface area (Å²) in [6.07, 6.45) is 3.07. The fraction of sp³-hybridized carbons (Fsp3) is 0.455. The first-order valence-corrected chi connectivity index (χ1v) is 4.98. The Balaban J connectivity index is 2.12. The minimum absolute atomic E-state index is 0.234. The summed E-state index contributed by atoms with van der Waals surface area (Å²) in [4.78, 5) is 15.2. The van der Waals surface area contributed by atoms with E-state index in [1.165, 1.54) is 6.20 Å². The Hall–Kier alpha value is -1.46. The van der Waals surface area contributed by atoms with E-state index >= 15 is 0 Å². The molecule has 5 nitrogen and oxygen atoms in total. The van der Waals surface area contributed by atoms with Crippen LogP contribution in [0.5, 0.6) is 0 Å². The fourth-order valence-corrected chi connectivity index (χ4v) is 1.00. The lowest BCUT2D eigenvalue weighted by Crippen LogP contribution is -2.12. The van der Waals surface area contributed by atoms with Crippen molar-refractivity contribution >= 4 is 5.97 Å². The first-order chi connectivity index (χ1) is 7.84. The number of hydrogen-bond acceptors (Lipinski definition) is 5. The molecule has 1 aromatic heterocycles. The second-order valence-corrected chi connectivity index (χ2v) is 2.98. The molecule has 0 aromatic carbocycles. The van der Waals surface area contributed by atoms with E-state index in [0.29, 0.717) is 25.4 Å². The highest BCUT2D eigenvalue weighted by atomic mass is 16.6. The van der Waals surface area contributed by atoms with Gasteiger partial charge in [-0.2, -0.15) is 0 Å². The van der Waals surface area contributed by atoms with Crippen LogP contribution in [0.25, 0.3) is 0 Å². The van der Waals surface area contributed by atoms with Gasteiger partial charge in [-0.1, -0.05) is 0 Å². The van der Waals surface area contributed by atoms with Crippen molar-refractivity contribution in [3.63, 3.8) is 0 Å². The van der Waals surface area contributed by atoms with Crippen molar-refractivity contribution in [1.29, 1.82) is 0 Å². The minimum Gasteiger partial charge on any atom is -0.460 e. The molecule has 0 aliphatic carbocycles. The maximum atomic E-state index is 11.4. The minimum atomic E-state index is -0.386. The summed E-state index contributed by atoms with van der Waals surface area (Å²) >= 11 is 0. The molecule has 0 bridgehead atoms. The van der Waals surface area contributed by atoms with Gasteiger partial charge in [-0.3, -0.25) is 4.98 Å². The molecule has 1 rings (SSSR count). The van der Waals surface area contributed by atoms with E-state index in [-0.39, 0.29) is 12.6 Å². The molecule has 16 heavy (non-hydrogen) atoms. The van der Waals surface area contributed by atoms with Crippen molar-refractivity contribution in [2.24, 2.45) is 0 Å². The average molecular weight is 225 g/mol. The number of hydrogen-bond donors (Lipinski definition) is 0. The Labute approximate surface area is 94.3 Å². The van der Waals surface area contributed by atoms with Gasteiger partial charge in [-0.05, 0) is 12.1 Å². The van der Waals surface area contributed by atoms with Gasteiger partial charge < -0.3 is 14.2 Å². The van der Waals surface area contributed by atoms with Crippen LogP contribution in [-0.2, 0) is 14.2 Å². The lowest BCUT2D eigenvalue weighted by atomic mass is 10.3. The van der Waals surface area contributed by atoms with E-state index in [9.17, 15) is 4.79 Å². The summed E-state index contributed by atoms with van der Waals surface area (Å²) in [6, 6.07) is 3.34. The third-order valence-electron chi connectivity index (χ3n) is 1.79. The largest absolute Gasteiger partial charge is 0.460 e. The monoisotopic (exact) mass is 225 g/mol. The number of aromatic nitrogens is 1. The second kappa shape index (κ2) is 7.78. The molecule has 0 saturated heterocycles. The smallest absolute Gasteiger partial charge is 0.339 e. The van der Waals surface area contributed by atoms with Crippen LogP contribution in [0.1, 0.15) is 10.4 Å². The Morgan fingerprint density at radius 3 is 2.81 bits per heavy atom. The molecule has 0 aliphatic heterocycles. The van der Waals surface area contributed by atoms with Gasteiger partial charge in [0.1, 0.15) is 6.61 Å². The average Bonchev–Trinajstić information content (AvgIpc) is 2.34. The number of pyridine rings is 1. The highest BCUT2D eigenvalue weighted by Crippen LogP contribution is 1.98. The van der Waals surface area contributed by atoms with Gasteiger partial charge in [0.05, 0.1) is 25.4 Å². The highest BCUT2D eigenvalue weighted by molar-refractivity contribution is 5.88. The summed E-state index contributed by atoms with van der Waals surface area (Å²) in [5, 5.41) is 0. The van der Waals surface area contributed by atoms with Crippen LogP contribution in [0.15, 0.2) is 24.5 Å². The summed E-state index contributed by atoms with van der Waals surface area (Å²) in [5.74, 6) is -0.386. The van der Waals surface area contributed by atoms with Gasteiger partial charge in [-0.15, -0.1) is 0 Å². The number of rotatable bonds is 7. The SMILES string of the molecule is COCCOCCOC(=O)c1cccnc1. The van der Waals surface area contributed by atoms with Crippen LogP contribution in [-0.4, -0.2) is 44.5 Å². The molecule has 0 spiro atoms. The van der Waals surface area contributed by atoms with Crippen molar-refractivity contribution in [2.75, 3.05) is 33.5 Å². The molecule has 1 aromatic rings. The van der Waals surface area contributed by atoms with E-state index < -0.39 is 0 Å². The molecule has 0 unspecified atom stereocenters. The predicted octanol–water partition coefficient (Wildman–Crippen LogP) is 0.901. The van der Waals surface area contributed by atoms with Crippen LogP contribution in [0, 0.1) is 0 Å². The Morgan fingerprint density at radius 1 is 1.31 bits per heavy atom. The zero-order chi connectivity index (χ0) is 11.6. The topological polar surface area (TPSA) is 57.7 Å². The van der Waals surface area contributed by atoms with Crippen molar-refractivity contribution in [3.8, 4) is 0 Å². The number of carbonyl (C=O) groups is 1. The number of nitrogens with zero attached hydrogens (tertiary/aromatic N) is 1. The molecule has 0 aliphatic rings. The molecular formula is C11H15NO4. The van der Waals surface area contributed by atoms with E-state index in [0.717, 1.165) is 0 Å².